The second kappa shape index (κ2) is 10.5. The molecule has 0 aromatic heterocycles. The van der Waals surface area contributed by atoms with Gasteiger partial charge in [-0.2, -0.15) is 4.31 Å². The number of methoxy groups -OCH3 is 1. The second-order valence-electron chi connectivity index (χ2n) is 7.36. The number of piperazine rings is 1. The SMILES string of the molecule is COc1ccc(OCC(=O)NCCS(=O)(=O)N2CCN(c3cccc(C)c3)CC2)cc1. The van der Waals surface area contributed by atoms with Crippen LogP contribution >= 0.6 is 0 Å². The Hall–Kier alpha value is -2.78. The van der Waals surface area contributed by atoms with Crippen molar-refractivity contribution in [1.29, 1.82) is 0 Å². The van der Waals surface area contributed by atoms with Gasteiger partial charge in [0, 0.05) is 38.4 Å². The summed E-state index contributed by atoms with van der Waals surface area (Å²) in [5.74, 6) is 0.734. The number of hydrogen-bond donors (Lipinski definition) is 1. The first-order valence-electron chi connectivity index (χ1n) is 10.2. The van der Waals surface area contributed by atoms with E-state index in [0.717, 1.165) is 5.69 Å². The fraction of sp³-hybridized carbons (Fsp3) is 0.409. The van der Waals surface area contributed by atoms with Gasteiger partial charge in [0.25, 0.3) is 5.91 Å². The second-order valence-corrected chi connectivity index (χ2v) is 9.44. The van der Waals surface area contributed by atoms with Crippen molar-refractivity contribution in [2.45, 2.75) is 6.92 Å². The lowest BCUT2D eigenvalue weighted by molar-refractivity contribution is -0.122. The predicted octanol–water partition coefficient (Wildman–Crippen LogP) is 1.65. The summed E-state index contributed by atoms with van der Waals surface area (Å²) >= 11 is 0. The van der Waals surface area contributed by atoms with Crippen LogP contribution in [0.2, 0.25) is 0 Å². The summed E-state index contributed by atoms with van der Waals surface area (Å²) in [6, 6.07) is 15.1. The number of carbonyl (C=O) groups is 1. The highest BCUT2D eigenvalue weighted by Gasteiger charge is 2.26. The smallest absolute Gasteiger partial charge is 0.257 e. The lowest BCUT2D eigenvalue weighted by Crippen LogP contribution is -2.50. The van der Waals surface area contributed by atoms with Gasteiger partial charge >= 0.3 is 0 Å². The highest BCUT2D eigenvalue weighted by Crippen LogP contribution is 2.19. The third-order valence-corrected chi connectivity index (χ3v) is 6.98. The first-order chi connectivity index (χ1) is 14.9. The molecule has 31 heavy (non-hydrogen) atoms. The van der Waals surface area contributed by atoms with Crippen LogP contribution in [0.1, 0.15) is 5.56 Å². The first kappa shape index (κ1) is 22.9. The maximum atomic E-state index is 12.6. The number of amides is 1. The molecule has 1 fully saturated rings. The van der Waals surface area contributed by atoms with Crippen LogP contribution in [-0.4, -0.2) is 70.8 Å². The Bertz CT molecular complexity index is 971. The quantitative estimate of drug-likeness (QED) is 0.629. The summed E-state index contributed by atoms with van der Waals surface area (Å²) in [6.45, 7) is 4.07. The maximum absolute atomic E-state index is 12.6. The minimum atomic E-state index is -3.43. The van der Waals surface area contributed by atoms with E-state index in [-0.39, 0.29) is 24.8 Å². The van der Waals surface area contributed by atoms with Gasteiger partial charge in [-0.3, -0.25) is 4.79 Å². The van der Waals surface area contributed by atoms with E-state index in [1.165, 1.54) is 9.87 Å². The van der Waals surface area contributed by atoms with Crippen LogP contribution in [0.25, 0.3) is 0 Å². The van der Waals surface area contributed by atoms with Crippen molar-refractivity contribution in [3.8, 4) is 11.5 Å². The van der Waals surface area contributed by atoms with E-state index in [2.05, 4.69) is 16.3 Å². The van der Waals surface area contributed by atoms with E-state index in [4.69, 9.17) is 9.47 Å². The first-order valence-corrected chi connectivity index (χ1v) is 11.8. The van der Waals surface area contributed by atoms with Gasteiger partial charge in [0.05, 0.1) is 12.9 Å². The Kier molecular flexibility index (Phi) is 7.75. The van der Waals surface area contributed by atoms with Crippen molar-refractivity contribution < 1.29 is 22.7 Å². The summed E-state index contributed by atoms with van der Waals surface area (Å²) in [6.07, 6.45) is 0. The number of benzene rings is 2. The third-order valence-electron chi connectivity index (χ3n) is 5.11. The molecule has 0 unspecified atom stereocenters. The molecular formula is C22H29N3O5S. The van der Waals surface area contributed by atoms with Gasteiger partial charge in [-0.25, -0.2) is 8.42 Å². The van der Waals surface area contributed by atoms with Crippen molar-refractivity contribution in [3.05, 3.63) is 54.1 Å². The number of ether oxygens (including phenoxy) is 2. The van der Waals surface area contributed by atoms with Gasteiger partial charge in [0.2, 0.25) is 10.0 Å². The van der Waals surface area contributed by atoms with Gasteiger partial charge in [0.1, 0.15) is 11.5 Å². The molecule has 1 N–H and O–H groups in total. The number of rotatable bonds is 9. The van der Waals surface area contributed by atoms with Crippen molar-refractivity contribution in [2.75, 3.05) is 57.1 Å². The number of aryl methyl sites for hydroxylation is 1. The average molecular weight is 448 g/mol. The molecule has 2 aromatic carbocycles. The van der Waals surface area contributed by atoms with Crippen LogP contribution in [0.3, 0.4) is 0 Å². The predicted molar refractivity (Wildman–Crippen MR) is 120 cm³/mol. The lowest BCUT2D eigenvalue weighted by Gasteiger charge is -2.35. The Morgan fingerprint density at radius 3 is 2.35 bits per heavy atom. The molecule has 8 nitrogen and oxygen atoms in total. The molecule has 3 rings (SSSR count). The van der Waals surface area contributed by atoms with E-state index in [0.29, 0.717) is 37.7 Å². The van der Waals surface area contributed by atoms with E-state index in [1.54, 1.807) is 31.4 Å². The minimum Gasteiger partial charge on any atom is -0.497 e. The molecule has 0 radical (unpaired) electrons. The molecule has 1 saturated heterocycles. The Morgan fingerprint density at radius 1 is 1.03 bits per heavy atom. The lowest BCUT2D eigenvalue weighted by atomic mass is 10.2. The molecular weight excluding hydrogens is 418 g/mol. The zero-order valence-corrected chi connectivity index (χ0v) is 18.7. The molecule has 0 spiro atoms. The van der Waals surface area contributed by atoms with E-state index >= 15 is 0 Å². The topological polar surface area (TPSA) is 88.2 Å². The van der Waals surface area contributed by atoms with Crippen LogP contribution in [0.15, 0.2) is 48.5 Å². The number of sulfonamides is 1. The van der Waals surface area contributed by atoms with Crippen molar-refractivity contribution >= 4 is 21.6 Å². The maximum Gasteiger partial charge on any atom is 0.257 e. The molecule has 1 aliphatic heterocycles. The zero-order chi connectivity index (χ0) is 22.3. The zero-order valence-electron chi connectivity index (χ0n) is 17.9. The average Bonchev–Trinajstić information content (AvgIpc) is 2.78. The van der Waals surface area contributed by atoms with E-state index in [1.807, 2.05) is 25.1 Å². The normalized spacial score (nSPS) is 14.8. The van der Waals surface area contributed by atoms with Gasteiger partial charge in [0.15, 0.2) is 6.61 Å². The summed E-state index contributed by atoms with van der Waals surface area (Å²) in [5, 5.41) is 2.61. The number of nitrogens with one attached hydrogen (secondary N) is 1. The molecule has 9 heteroatoms. The molecule has 168 valence electrons. The highest BCUT2D eigenvalue weighted by atomic mass is 32.2. The summed E-state index contributed by atoms with van der Waals surface area (Å²) < 4.78 is 37.2. The molecule has 0 bridgehead atoms. The minimum absolute atomic E-state index is 0.0469. The molecule has 2 aromatic rings. The summed E-state index contributed by atoms with van der Waals surface area (Å²) in [4.78, 5) is 14.1. The van der Waals surface area contributed by atoms with Gasteiger partial charge in [-0.05, 0) is 48.9 Å². The largest absolute Gasteiger partial charge is 0.497 e. The van der Waals surface area contributed by atoms with Gasteiger partial charge < -0.3 is 19.7 Å². The number of hydrogen-bond acceptors (Lipinski definition) is 6. The standard InChI is InChI=1S/C22H29N3O5S/c1-18-4-3-5-19(16-18)24-11-13-25(14-12-24)31(27,28)15-10-23-22(26)17-30-21-8-6-20(29-2)7-9-21/h3-9,16H,10-15,17H2,1-2H3,(H,23,26). The molecule has 0 atom stereocenters. The van der Waals surface area contributed by atoms with Crippen molar-refractivity contribution in [3.63, 3.8) is 0 Å². The number of anilines is 1. The van der Waals surface area contributed by atoms with Crippen LogP contribution in [0.4, 0.5) is 5.69 Å². The van der Waals surface area contributed by atoms with Crippen LogP contribution in [-0.2, 0) is 14.8 Å². The summed E-state index contributed by atoms with van der Waals surface area (Å²) in [7, 11) is -1.86. The van der Waals surface area contributed by atoms with Crippen LogP contribution in [0.5, 0.6) is 11.5 Å². The Morgan fingerprint density at radius 2 is 1.71 bits per heavy atom. The molecule has 0 saturated carbocycles. The monoisotopic (exact) mass is 447 g/mol. The van der Waals surface area contributed by atoms with Crippen LogP contribution < -0.4 is 19.7 Å². The number of carbonyl (C=O) groups excluding carboxylic acids is 1. The highest BCUT2D eigenvalue weighted by molar-refractivity contribution is 7.89. The fourth-order valence-corrected chi connectivity index (χ4v) is 4.71. The molecule has 1 aliphatic rings. The summed E-state index contributed by atoms with van der Waals surface area (Å²) in [5.41, 5.74) is 2.29. The van der Waals surface area contributed by atoms with E-state index < -0.39 is 10.0 Å². The molecule has 0 aliphatic carbocycles. The number of nitrogens with zero attached hydrogens (tertiary/aromatic N) is 2. The van der Waals surface area contributed by atoms with Crippen molar-refractivity contribution in [2.24, 2.45) is 0 Å². The van der Waals surface area contributed by atoms with Gasteiger partial charge in [-0.1, -0.05) is 12.1 Å². The van der Waals surface area contributed by atoms with Crippen molar-refractivity contribution in [1.82, 2.24) is 9.62 Å². The van der Waals surface area contributed by atoms with Crippen LogP contribution in [0, 0.1) is 6.92 Å². The third kappa shape index (κ3) is 6.60. The molecule has 1 heterocycles. The van der Waals surface area contributed by atoms with E-state index in [9.17, 15) is 13.2 Å². The Balaban J connectivity index is 1.39. The fourth-order valence-electron chi connectivity index (χ4n) is 3.37. The molecule has 1 amide bonds. The van der Waals surface area contributed by atoms with Gasteiger partial charge in [-0.15, -0.1) is 0 Å². The Labute approximate surface area is 183 Å².